The molecule has 1 saturated carbocycles. The molecule has 0 spiro atoms. The van der Waals surface area contributed by atoms with Crippen LogP contribution in [0.25, 0.3) is 0 Å². The van der Waals surface area contributed by atoms with Crippen molar-refractivity contribution in [1.82, 2.24) is 14.7 Å². The van der Waals surface area contributed by atoms with Gasteiger partial charge in [-0.05, 0) is 32.6 Å². The average Bonchev–Trinajstić information content (AvgIpc) is 3.14. The Morgan fingerprint density at radius 2 is 2.15 bits per heavy atom. The molecule has 112 valence electrons. The molecule has 20 heavy (non-hydrogen) atoms. The maximum Gasteiger partial charge on any atom is 0.0850 e. The van der Waals surface area contributed by atoms with Gasteiger partial charge in [-0.2, -0.15) is 5.10 Å². The molecule has 1 aliphatic carbocycles. The van der Waals surface area contributed by atoms with Crippen LogP contribution in [0.2, 0.25) is 5.02 Å². The van der Waals surface area contributed by atoms with E-state index in [1.54, 1.807) is 0 Å². The molecule has 0 aromatic carbocycles. The summed E-state index contributed by atoms with van der Waals surface area (Å²) >= 11 is 6.41. The molecule has 2 fully saturated rings. The van der Waals surface area contributed by atoms with Crippen molar-refractivity contribution in [2.75, 3.05) is 6.54 Å². The van der Waals surface area contributed by atoms with Crippen molar-refractivity contribution in [2.45, 2.75) is 63.6 Å². The first-order valence-corrected chi connectivity index (χ1v) is 7.99. The molecule has 1 aromatic heterocycles. The van der Waals surface area contributed by atoms with Gasteiger partial charge >= 0.3 is 0 Å². The minimum atomic E-state index is -0.662. The van der Waals surface area contributed by atoms with E-state index in [-0.39, 0.29) is 0 Å². The minimum absolute atomic E-state index is 0.463. The highest BCUT2D eigenvalue weighted by atomic mass is 35.5. The van der Waals surface area contributed by atoms with E-state index >= 15 is 0 Å². The molecular formula is C15H24ClN3O. The number of hydrogen-bond donors (Lipinski definition) is 1. The number of aliphatic hydroxyl groups is 1. The zero-order valence-electron chi connectivity index (χ0n) is 12.6. The van der Waals surface area contributed by atoms with Crippen molar-refractivity contribution in [2.24, 2.45) is 7.05 Å². The van der Waals surface area contributed by atoms with E-state index in [1.807, 2.05) is 11.7 Å². The van der Waals surface area contributed by atoms with Crippen molar-refractivity contribution in [1.29, 1.82) is 0 Å². The number of rotatable bonds is 4. The van der Waals surface area contributed by atoms with Crippen molar-refractivity contribution in [3.8, 4) is 0 Å². The normalized spacial score (nSPS) is 31.1. The fourth-order valence-electron chi connectivity index (χ4n) is 3.57. The molecule has 2 aliphatic rings. The molecule has 4 nitrogen and oxygen atoms in total. The molecule has 2 heterocycles. The van der Waals surface area contributed by atoms with Crippen LogP contribution in [0.15, 0.2) is 0 Å². The first-order chi connectivity index (χ1) is 9.43. The number of likely N-dealkylation sites (tertiary alicyclic amines) is 1. The second-order valence-electron chi connectivity index (χ2n) is 6.54. The molecule has 1 aliphatic heterocycles. The van der Waals surface area contributed by atoms with Gasteiger partial charge in [0.1, 0.15) is 0 Å². The van der Waals surface area contributed by atoms with Crippen LogP contribution < -0.4 is 0 Å². The zero-order valence-corrected chi connectivity index (χ0v) is 13.3. The second-order valence-corrected chi connectivity index (χ2v) is 6.92. The summed E-state index contributed by atoms with van der Waals surface area (Å²) in [7, 11) is 1.92. The van der Waals surface area contributed by atoms with Crippen LogP contribution in [-0.2, 0) is 19.9 Å². The maximum absolute atomic E-state index is 11.0. The number of β-amino-alcohol motifs (C(OH)–C–C–N with tert-alkyl or cyclic N) is 1. The molecule has 2 unspecified atom stereocenters. The molecule has 2 atom stereocenters. The first-order valence-electron chi connectivity index (χ1n) is 7.62. The number of nitrogens with zero attached hydrogens (tertiary/aromatic N) is 3. The summed E-state index contributed by atoms with van der Waals surface area (Å²) in [5, 5.41) is 16.1. The number of aromatic nitrogens is 2. The van der Waals surface area contributed by atoms with Gasteiger partial charge in [0, 0.05) is 32.1 Å². The quantitative estimate of drug-likeness (QED) is 0.926. The van der Waals surface area contributed by atoms with E-state index in [1.165, 1.54) is 12.8 Å². The molecular weight excluding hydrogens is 274 g/mol. The number of hydrogen-bond acceptors (Lipinski definition) is 3. The third-order valence-electron chi connectivity index (χ3n) is 4.73. The number of aryl methyl sites for hydroxylation is 2. The Hall–Kier alpha value is -0.580. The van der Waals surface area contributed by atoms with E-state index in [0.29, 0.717) is 18.5 Å². The lowest BCUT2D eigenvalue weighted by Crippen LogP contribution is -2.37. The summed E-state index contributed by atoms with van der Waals surface area (Å²) in [5.41, 5.74) is 1.23. The Morgan fingerprint density at radius 1 is 1.45 bits per heavy atom. The van der Waals surface area contributed by atoms with Crippen LogP contribution in [0, 0.1) is 0 Å². The lowest BCUT2D eigenvalue weighted by atomic mass is 9.94. The van der Waals surface area contributed by atoms with Crippen LogP contribution in [0.5, 0.6) is 0 Å². The Balaban J connectivity index is 1.79. The molecule has 0 bridgehead atoms. The molecule has 1 N–H and O–H groups in total. The predicted octanol–water partition coefficient (Wildman–Crippen LogP) is 2.17. The SMILES string of the molecule is CCc1nn(C)c(CC2(O)CC(C)N(C3CC3)C2)c1Cl. The van der Waals surface area contributed by atoms with Gasteiger partial charge in [0.05, 0.1) is 22.0 Å². The van der Waals surface area contributed by atoms with Gasteiger partial charge in [0.2, 0.25) is 0 Å². The van der Waals surface area contributed by atoms with E-state index in [0.717, 1.165) is 35.8 Å². The summed E-state index contributed by atoms with van der Waals surface area (Å²) in [6.07, 6.45) is 4.82. The van der Waals surface area contributed by atoms with Gasteiger partial charge in [-0.15, -0.1) is 0 Å². The van der Waals surface area contributed by atoms with Crippen molar-refractivity contribution in [3.63, 3.8) is 0 Å². The van der Waals surface area contributed by atoms with Gasteiger partial charge in [-0.3, -0.25) is 9.58 Å². The zero-order chi connectivity index (χ0) is 14.5. The summed E-state index contributed by atoms with van der Waals surface area (Å²) in [6, 6.07) is 1.16. The molecule has 5 heteroatoms. The number of halogens is 1. The Bertz CT molecular complexity index is 511. The van der Waals surface area contributed by atoms with Gasteiger partial charge in [0.25, 0.3) is 0 Å². The van der Waals surface area contributed by atoms with Crippen molar-refractivity contribution in [3.05, 3.63) is 16.4 Å². The van der Waals surface area contributed by atoms with Crippen LogP contribution in [0.3, 0.4) is 0 Å². The largest absolute Gasteiger partial charge is 0.388 e. The summed E-state index contributed by atoms with van der Waals surface area (Å²) in [6.45, 7) is 5.04. The summed E-state index contributed by atoms with van der Waals surface area (Å²) in [5.74, 6) is 0. The van der Waals surface area contributed by atoms with E-state index < -0.39 is 5.60 Å². The molecule has 0 radical (unpaired) electrons. The highest BCUT2D eigenvalue weighted by Crippen LogP contribution is 2.39. The fraction of sp³-hybridized carbons (Fsp3) is 0.800. The topological polar surface area (TPSA) is 41.3 Å². The minimum Gasteiger partial charge on any atom is -0.388 e. The van der Waals surface area contributed by atoms with E-state index in [2.05, 4.69) is 23.8 Å². The molecule has 3 rings (SSSR count). The van der Waals surface area contributed by atoms with Gasteiger partial charge < -0.3 is 5.11 Å². The third-order valence-corrected chi connectivity index (χ3v) is 5.17. The summed E-state index contributed by atoms with van der Waals surface area (Å²) in [4.78, 5) is 2.46. The molecule has 1 saturated heterocycles. The highest BCUT2D eigenvalue weighted by Gasteiger charge is 2.46. The van der Waals surface area contributed by atoms with E-state index in [9.17, 15) is 5.11 Å². The molecule has 1 aromatic rings. The van der Waals surface area contributed by atoms with Crippen LogP contribution in [0.4, 0.5) is 0 Å². The average molecular weight is 298 g/mol. The van der Waals surface area contributed by atoms with Gasteiger partial charge in [-0.1, -0.05) is 18.5 Å². The second kappa shape index (κ2) is 5.00. The van der Waals surface area contributed by atoms with Gasteiger partial charge in [-0.25, -0.2) is 0 Å². The van der Waals surface area contributed by atoms with Crippen LogP contribution in [0.1, 0.15) is 44.5 Å². The van der Waals surface area contributed by atoms with Gasteiger partial charge in [0.15, 0.2) is 0 Å². The van der Waals surface area contributed by atoms with Crippen molar-refractivity contribution >= 4 is 11.6 Å². The third kappa shape index (κ3) is 2.49. The standard InChI is InChI=1S/C15H24ClN3O/c1-4-12-14(16)13(18(3)17-12)8-15(20)7-10(2)19(9-15)11-5-6-11/h10-11,20H,4-9H2,1-3H3. The first kappa shape index (κ1) is 14.4. The van der Waals surface area contributed by atoms with Crippen molar-refractivity contribution < 1.29 is 5.11 Å². The monoisotopic (exact) mass is 297 g/mol. The Morgan fingerprint density at radius 3 is 2.70 bits per heavy atom. The smallest absolute Gasteiger partial charge is 0.0850 e. The van der Waals surface area contributed by atoms with Crippen LogP contribution in [-0.4, -0.2) is 44.0 Å². The lowest BCUT2D eigenvalue weighted by molar-refractivity contribution is 0.0469. The van der Waals surface area contributed by atoms with Crippen LogP contribution >= 0.6 is 11.6 Å². The molecule has 0 amide bonds. The lowest BCUT2D eigenvalue weighted by Gasteiger charge is -2.24. The highest BCUT2D eigenvalue weighted by molar-refractivity contribution is 6.31. The fourth-order valence-corrected chi connectivity index (χ4v) is 3.93. The Labute approximate surface area is 125 Å². The van der Waals surface area contributed by atoms with E-state index in [4.69, 9.17) is 11.6 Å². The Kier molecular flexibility index (Phi) is 3.59. The maximum atomic E-state index is 11.0. The summed E-state index contributed by atoms with van der Waals surface area (Å²) < 4.78 is 1.84. The predicted molar refractivity (Wildman–Crippen MR) is 80.1 cm³/mol.